The molecule has 0 radical (unpaired) electrons. The highest BCUT2D eigenvalue weighted by Crippen LogP contribution is 2.41. The third-order valence-corrected chi connectivity index (χ3v) is 12.4. The summed E-state index contributed by atoms with van der Waals surface area (Å²) in [4.78, 5) is 2.34. The van der Waals surface area contributed by atoms with Gasteiger partial charge in [-0.05, 0) is 106 Å². The standard InChI is InChI=1S/C60H40N2O/c1-2-12-41(13-3-1)42-24-26-43(27-25-42)44-28-34-48(35-29-44)61(50-38-32-46(33-39-50)52-19-11-20-56-55-18-6-9-23-59(55)63-60(52)56)49-36-30-45(31-37-49)47-14-10-15-51(40-47)62-57-21-7-4-16-53(57)54-17-5-8-22-58(54)62/h1-40H. The number of benzene rings is 10. The van der Waals surface area contributed by atoms with Gasteiger partial charge in [-0.3, -0.25) is 0 Å². The first-order valence-corrected chi connectivity index (χ1v) is 21.5. The maximum atomic E-state index is 6.43. The molecular weight excluding hydrogens is 765 g/mol. The molecule has 0 bridgehead atoms. The largest absolute Gasteiger partial charge is 0.455 e. The Kier molecular flexibility index (Phi) is 8.83. The SMILES string of the molecule is c1ccc(-c2ccc(-c3ccc(N(c4ccc(-c5cccc(-n6c7ccccc7c7ccccc76)c5)cc4)c4ccc(-c5cccc6c5oc5ccccc56)cc4)cc3)cc2)cc1. The van der Waals surface area contributed by atoms with E-state index in [1.165, 1.54) is 49.6 Å². The van der Waals surface area contributed by atoms with Crippen LogP contribution in [0.1, 0.15) is 0 Å². The Bertz CT molecular complexity index is 3530. The molecule has 12 aromatic rings. The van der Waals surface area contributed by atoms with Crippen LogP contribution in [-0.4, -0.2) is 4.57 Å². The minimum atomic E-state index is 0.903. The van der Waals surface area contributed by atoms with Crippen LogP contribution in [-0.2, 0) is 0 Å². The molecule has 10 aromatic carbocycles. The van der Waals surface area contributed by atoms with Gasteiger partial charge in [0.2, 0.25) is 0 Å². The van der Waals surface area contributed by atoms with E-state index in [2.05, 4.69) is 240 Å². The molecule has 2 heterocycles. The van der Waals surface area contributed by atoms with Crippen molar-refractivity contribution in [1.82, 2.24) is 4.57 Å². The van der Waals surface area contributed by atoms with E-state index in [0.717, 1.165) is 61.4 Å². The molecule has 63 heavy (non-hydrogen) atoms. The van der Waals surface area contributed by atoms with Crippen LogP contribution in [0.15, 0.2) is 247 Å². The predicted molar refractivity (Wildman–Crippen MR) is 264 cm³/mol. The second-order valence-electron chi connectivity index (χ2n) is 16.1. The first kappa shape index (κ1) is 36.5. The highest BCUT2D eigenvalue weighted by Gasteiger charge is 2.17. The van der Waals surface area contributed by atoms with Crippen molar-refractivity contribution in [3.05, 3.63) is 243 Å². The molecule has 12 rings (SSSR count). The second-order valence-corrected chi connectivity index (χ2v) is 16.1. The average molecular weight is 805 g/mol. The van der Waals surface area contributed by atoms with Crippen molar-refractivity contribution in [2.45, 2.75) is 0 Å². The molecule has 296 valence electrons. The predicted octanol–water partition coefficient (Wildman–Crippen LogP) is 16.8. The third kappa shape index (κ3) is 6.46. The number of para-hydroxylation sites is 4. The van der Waals surface area contributed by atoms with E-state index < -0.39 is 0 Å². The topological polar surface area (TPSA) is 21.3 Å². The van der Waals surface area contributed by atoms with Crippen LogP contribution in [0.5, 0.6) is 0 Å². The van der Waals surface area contributed by atoms with Crippen LogP contribution < -0.4 is 4.90 Å². The van der Waals surface area contributed by atoms with Crippen molar-refractivity contribution in [1.29, 1.82) is 0 Å². The molecule has 0 atom stereocenters. The van der Waals surface area contributed by atoms with Crippen molar-refractivity contribution in [2.24, 2.45) is 0 Å². The Balaban J connectivity index is 0.909. The van der Waals surface area contributed by atoms with E-state index in [1.54, 1.807) is 0 Å². The minimum Gasteiger partial charge on any atom is -0.455 e. The van der Waals surface area contributed by atoms with Crippen molar-refractivity contribution >= 4 is 60.8 Å². The third-order valence-electron chi connectivity index (χ3n) is 12.4. The Morgan fingerprint density at radius 3 is 1.33 bits per heavy atom. The molecule has 0 aliphatic carbocycles. The lowest BCUT2D eigenvalue weighted by Gasteiger charge is -2.26. The summed E-state index contributed by atoms with van der Waals surface area (Å²) in [6.45, 7) is 0. The van der Waals surface area contributed by atoms with Crippen molar-refractivity contribution in [3.8, 4) is 50.2 Å². The number of anilines is 3. The fourth-order valence-electron chi connectivity index (χ4n) is 9.33. The monoisotopic (exact) mass is 804 g/mol. The molecule has 0 amide bonds. The van der Waals surface area contributed by atoms with E-state index in [-0.39, 0.29) is 0 Å². The summed E-state index contributed by atoms with van der Waals surface area (Å²) >= 11 is 0. The number of aromatic nitrogens is 1. The summed E-state index contributed by atoms with van der Waals surface area (Å²) in [5.74, 6) is 0. The fraction of sp³-hybridized carbons (Fsp3) is 0. The van der Waals surface area contributed by atoms with Crippen LogP contribution in [0.2, 0.25) is 0 Å². The van der Waals surface area contributed by atoms with Gasteiger partial charge in [0.15, 0.2) is 0 Å². The van der Waals surface area contributed by atoms with Gasteiger partial charge in [0.05, 0.1) is 11.0 Å². The summed E-state index contributed by atoms with van der Waals surface area (Å²) in [5.41, 5.74) is 17.9. The minimum absolute atomic E-state index is 0.903. The molecule has 0 aliphatic heterocycles. The van der Waals surface area contributed by atoms with Gasteiger partial charge in [0.1, 0.15) is 11.2 Å². The molecule has 0 fully saturated rings. The Hall–Kier alpha value is -8.40. The number of nitrogens with zero attached hydrogens (tertiary/aromatic N) is 2. The number of fused-ring (bicyclic) bond motifs is 6. The van der Waals surface area contributed by atoms with Crippen LogP contribution in [0.4, 0.5) is 17.1 Å². The molecule has 0 N–H and O–H groups in total. The molecule has 0 saturated carbocycles. The Labute approximate surface area is 366 Å². The van der Waals surface area contributed by atoms with Gasteiger partial charge in [-0.15, -0.1) is 0 Å². The maximum absolute atomic E-state index is 6.43. The smallest absolute Gasteiger partial charge is 0.143 e. The summed E-state index contributed by atoms with van der Waals surface area (Å²) < 4.78 is 8.81. The molecule has 0 aliphatic rings. The fourth-order valence-corrected chi connectivity index (χ4v) is 9.33. The highest BCUT2D eigenvalue weighted by molar-refractivity contribution is 6.10. The van der Waals surface area contributed by atoms with Gasteiger partial charge in [-0.2, -0.15) is 0 Å². The first-order valence-electron chi connectivity index (χ1n) is 21.5. The molecule has 0 unspecified atom stereocenters. The van der Waals surface area contributed by atoms with Crippen molar-refractivity contribution in [2.75, 3.05) is 4.90 Å². The van der Waals surface area contributed by atoms with Gasteiger partial charge in [0.25, 0.3) is 0 Å². The van der Waals surface area contributed by atoms with Crippen LogP contribution >= 0.6 is 0 Å². The van der Waals surface area contributed by atoms with Gasteiger partial charge in [-0.25, -0.2) is 0 Å². The van der Waals surface area contributed by atoms with Gasteiger partial charge in [0, 0.05) is 49.9 Å². The molecule has 3 nitrogen and oxygen atoms in total. The number of hydrogen-bond acceptors (Lipinski definition) is 2. The zero-order valence-electron chi connectivity index (χ0n) is 34.4. The molecule has 3 heteroatoms. The summed E-state index contributed by atoms with van der Waals surface area (Å²) in [6, 6.07) is 87.0. The quantitative estimate of drug-likeness (QED) is 0.153. The van der Waals surface area contributed by atoms with E-state index in [4.69, 9.17) is 4.42 Å². The summed E-state index contributed by atoms with van der Waals surface area (Å²) in [5, 5.41) is 4.78. The molecule has 0 spiro atoms. The van der Waals surface area contributed by atoms with Crippen molar-refractivity contribution < 1.29 is 4.42 Å². The summed E-state index contributed by atoms with van der Waals surface area (Å²) in [6.07, 6.45) is 0. The van der Waals surface area contributed by atoms with Crippen LogP contribution in [0.3, 0.4) is 0 Å². The average Bonchev–Trinajstić information content (AvgIpc) is 3.91. The van der Waals surface area contributed by atoms with Gasteiger partial charge < -0.3 is 13.9 Å². The summed E-state index contributed by atoms with van der Waals surface area (Å²) in [7, 11) is 0. The lowest BCUT2D eigenvalue weighted by atomic mass is 9.99. The van der Waals surface area contributed by atoms with E-state index in [9.17, 15) is 0 Å². The molecule has 2 aromatic heterocycles. The normalized spacial score (nSPS) is 11.5. The lowest BCUT2D eigenvalue weighted by Crippen LogP contribution is -2.09. The van der Waals surface area contributed by atoms with E-state index in [0.29, 0.717) is 0 Å². The Morgan fingerprint density at radius 1 is 0.302 bits per heavy atom. The van der Waals surface area contributed by atoms with Gasteiger partial charge >= 0.3 is 0 Å². The first-order chi connectivity index (χ1) is 31.2. The zero-order chi connectivity index (χ0) is 41.7. The molecular formula is C60H40N2O. The zero-order valence-corrected chi connectivity index (χ0v) is 34.4. The van der Waals surface area contributed by atoms with E-state index in [1.807, 2.05) is 12.1 Å². The van der Waals surface area contributed by atoms with E-state index >= 15 is 0 Å². The number of hydrogen-bond donors (Lipinski definition) is 0. The van der Waals surface area contributed by atoms with Crippen molar-refractivity contribution in [3.63, 3.8) is 0 Å². The lowest BCUT2D eigenvalue weighted by molar-refractivity contribution is 0.670. The number of rotatable bonds is 8. The maximum Gasteiger partial charge on any atom is 0.143 e. The van der Waals surface area contributed by atoms with Crippen LogP contribution in [0.25, 0.3) is 93.9 Å². The van der Waals surface area contributed by atoms with Crippen LogP contribution in [0, 0.1) is 0 Å². The highest BCUT2D eigenvalue weighted by atomic mass is 16.3. The number of furan rings is 1. The Morgan fingerprint density at radius 2 is 0.730 bits per heavy atom. The van der Waals surface area contributed by atoms with Gasteiger partial charge in [-0.1, -0.05) is 176 Å². The molecule has 0 saturated heterocycles. The second kappa shape index (κ2) is 15.3.